The van der Waals surface area contributed by atoms with Gasteiger partial charge in [0.2, 0.25) is 5.91 Å². The summed E-state index contributed by atoms with van der Waals surface area (Å²) in [5.41, 5.74) is 0.170. The second kappa shape index (κ2) is 8.18. The quantitative estimate of drug-likeness (QED) is 0.713. The van der Waals surface area contributed by atoms with Gasteiger partial charge < -0.3 is 10.6 Å². The van der Waals surface area contributed by atoms with Gasteiger partial charge in [-0.2, -0.15) is 0 Å². The Kier molecular flexibility index (Phi) is 5.93. The molecule has 2 aliphatic rings. The van der Waals surface area contributed by atoms with Crippen LogP contribution in [0.5, 0.6) is 0 Å². The zero-order valence-electron chi connectivity index (χ0n) is 15.7. The van der Waals surface area contributed by atoms with Gasteiger partial charge in [-0.25, -0.2) is 4.79 Å². The SMILES string of the molecule is Cn1c(CN2CCCC(CNC(=O)C3CCCN3)C2)cc(=O)n(C)c1=O. The standard InChI is InChI=1S/C18H29N5O3/c1-21-14(9-16(24)22(2)18(21)26)12-23-8-4-5-13(11-23)10-20-17(25)15-6-3-7-19-15/h9,13,15,19H,3-8,10-12H2,1-2H3,(H,20,25). The second-order valence-corrected chi connectivity index (χ2v) is 7.51. The third kappa shape index (κ3) is 4.24. The molecule has 2 unspecified atom stereocenters. The first-order valence-corrected chi connectivity index (χ1v) is 9.45. The summed E-state index contributed by atoms with van der Waals surface area (Å²) in [4.78, 5) is 38.4. The second-order valence-electron chi connectivity index (χ2n) is 7.51. The lowest BCUT2D eigenvalue weighted by atomic mass is 9.97. The molecule has 8 nitrogen and oxygen atoms in total. The third-order valence-corrected chi connectivity index (χ3v) is 5.56. The minimum absolute atomic E-state index is 0.0373. The van der Waals surface area contributed by atoms with Crippen molar-refractivity contribution < 1.29 is 4.79 Å². The minimum atomic E-state index is -0.294. The number of nitrogens with zero attached hydrogens (tertiary/aromatic N) is 3. The van der Waals surface area contributed by atoms with Crippen molar-refractivity contribution in [2.75, 3.05) is 26.2 Å². The summed E-state index contributed by atoms with van der Waals surface area (Å²) < 4.78 is 2.66. The molecule has 26 heavy (non-hydrogen) atoms. The Hall–Kier alpha value is -1.93. The van der Waals surface area contributed by atoms with Gasteiger partial charge in [0.1, 0.15) is 0 Å². The van der Waals surface area contributed by atoms with Gasteiger partial charge in [0.05, 0.1) is 6.04 Å². The smallest absolute Gasteiger partial charge is 0.330 e. The number of aromatic nitrogens is 2. The first kappa shape index (κ1) is 18.8. The molecular formula is C18H29N5O3. The van der Waals surface area contributed by atoms with Crippen molar-refractivity contribution >= 4 is 5.91 Å². The van der Waals surface area contributed by atoms with Crippen LogP contribution < -0.4 is 21.9 Å². The summed E-state index contributed by atoms with van der Waals surface area (Å²) in [6.07, 6.45) is 4.12. The van der Waals surface area contributed by atoms with Crippen molar-refractivity contribution in [3.8, 4) is 0 Å². The normalized spacial score (nSPS) is 23.9. The lowest BCUT2D eigenvalue weighted by Gasteiger charge is -2.33. The number of rotatable bonds is 5. The summed E-state index contributed by atoms with van der Waals surface area (Å²) in [6.45, 7) is 3.99. The number of carbonyl (C=O) groups is 1. The van der Waals surface area contributed by atoms with Crippen LogP contribution in [0.25, 0.3) is 0 Å². The summed E-state index contributed by atoms with van der Waals surface area (Å²) in [5, 5.41) is 6.30. The van der Waals surface area contributed by atoms with Crippen molar-refractivity contribution in [3.05, 3.63) is 32.6 Å². The lowest BCUT2D eigenvalue weighted by molar-refractivity contribution is -0.123. The van der Waals surface area contributed by atoms with Gasteiger partial charge in [0.15, 0.2) is 0 Å². The van der Waals surface area contributed by atoms with Crippen LogP contribution in [0.15, 0.2) is 15.7 Å². The van der Waals surface area contributed by atoms with E-state index in [1.54, 1.807) is 17.7 Å². The molecule has 0 aliphatic carbocycles. The topological polar surface area (TPSA) is 88.4 Å². The maximum absolute atomic E-state index is 12.1. The van der Waals surface area contributed by atoms with Crippen LogP contribution in [0.2, 0.25) is 0 Å². The fourth-order valence-electron chi connectivity index (χ4n) is 3.90. The fourth-order valence-corrected chi connectivity index (χ4v) is 3.90. The van der Waals surface area contributed by atoms with Crippen LogP contribution >= 0.6 is 0 Å². The monoisotopic (exact) mass is 363 g/mol. The van der Waals surface area contributed by atoms with E-state index >= 15 is 0 Å². The molecule has 0 spiro atoms. The van der Waals surface area contributed by atoms with Crippen LogP contribution in [-0.4, -0.2) is 52.2 Å². The Labute approximate surface area is 153 Å². The van der Waals surface area contributed by atoms with Crippen molar-refractivity contribution in [2.24, 2.45) is 20.0 Å². The highest BCUT2D eigenvalue weighted by Gasteiger charge is 2.25. The number of nitrogens with one attached hydrogen (secondary N) is 2. The van der Waals surface area contributed by atoms with Crippen LogP contribution in [0.3, 0.4) is 0 Å². The van der Waals surface area contributed by atoms with Gasteiger partial charge in [-0.1, -0.05) is 0 Å². The fraction of sp³-hybridized carbons (Fsp3) is 0.722. The Balaban J connectivity index is 1.56. The molecule has 2 aliphatic heterocycles. The minimum Gasteiger partial charge on any atom is -0.354 e. The number of carbonyl (C=O) groups excluding carboxylic acids is 1. The largest absolute Gasteiger partial charge is 0.354 e. The van der Waals surface area contributed by atoms with E-state index in [1.165, 1.54) is 7.05 Å². The molecule has 2 N–H and O–H groups in total. The van der Waals surface area contributed by atoms with Crippen molar-refractivity contribution in [3.63, 3.8) is 0 Å². The molecular weight excluding hydrogens is 334 g/mol. The van der Waals surface area contributed by atoms with Gasteiger partial charge in [-0.3, -0.25) is 23.6 Å². The van der Waals surface area contributed by atoms with Gasteiger partial charge in [-0.05, 0) is 44.7 Å². The van der Waals surface area contributed by atoms with Crippen molar-refractivity contribution in [1.29, 1.82) is 0 Å². The van der Waals surface area contributed by atoms with Crippen LogP contribution in [0.1, 0.15) is 31.4 Å². The third-order valence-electron chi connectivity index (χ3n) is 5.56. The maximum atomic E-state index is 12.1. The van der Waals surface area contributed by atoms with Gasteiger partial charge in [0.25, 0.3) is 5.56 Å². The molecule has 2 saturated heterocycles. The van der Waals surface area contributed by atoms with E-state index < -0.39 is 0 Å². The predicted molar refractivity (Wildman–Crippen MR) is 99.0 cm³/mol. The van der Waals surface area contributed by atoms with E-state index in [-0.39, 0.29) is 23.2 Å². The van der Waals surface area contributed by atoms with E-state index in [4.69, 9.17) is 0 Å². The van der Waals surface area contributed by atoms with Gasteiger partial charge in [-0.15, -0.1) is 0 Å². The molecule has 2 atom stereocenters. The average molecular weight is 363 g/mol. The number of likely N-dealkylation sites (tertiary alicyclic amines) is 1. The lowest BCUT2D eigenvalue weighted by Crippen LogP contribution is -2.46. The zero-order chi connectivity index (χ0) is 18.7. The molecule has 1 amide bonds. The molecule has 3 heterocycles. The molecule has 1 aromatic heterocycles. The molecule has 0 saturated carbocycles. The molecule has 2 fully saturated rings. The molecule has 0 aromatic carbocycles. The van der Waals surface area contributed by atoms with E-state index in [9.17, 15) is 14.4 Å². The number of amides is 1. The molecule has 1 aromatic rings. The molecule has 0 bridgehead atoms. The van der Waals surface area contributed by atoms with E-state index in [1.807, 2.05) is 0 Å². The van der Waals surface area contributed by atoms with E-state index in [0.717, 1.165) is 55.6 Å². The maximum Gasteiger partial charge on any atom is 0.330 e. The summed E-state index contributed by atoms with van der Waals surface area (Å²) in [6, 6.07) is 1.50. The first-order valence-electron chi connectivity index (χ1n) is 9.45. The van der Waals surface area contributed by atoms with Crippen LogP contribution in [0.4, 0.5) is 0 Å². The Bertz CT molecular complexity index is 763. The van der Waals surface area contributed by atoms with Crippen LogP contribution in [0, 0.1) is 5.92 Å². The Morgan fingerprint density at radius 3 is 2.77 bits per heavy atom. The molecule has 0 radical (unpaired) electrons. The van der Waals surface area contributed by atoms with Crippen molar-refractivity contribution in [2.45, 2.75) is 38.3 Å². The highest BCUT2D eigenvalue weighted by Crippen LogP contribution is 2.17. The number of piperidine rings is 1. The van der Waals surface area contributed by atoms with Crippen LogP contribution in [-0.2, 0) is 25.4 Å². The predicted octanol–water partition coefficient (Wildman–Crippen LogP) is -0.836. The number of hydrogen-bond acceptors (Lipinski definition) is 5. The van der Waals surface area contributed by atoms with Crippen molar-refractivity contribution in [1.82, 2.24) is 24.7 Å². The molecule has 144 valence electrons. The Morgan fingerprint density at radius 2 is 2.04 bits per heavy atom. The average Bonchev–Trinajstić information content (AvgIpc) is 3.17. The number of hydrogen-bond donors (Lipinski definition) is 2. The van der Waals surface area contributed by atoms with E-state index in [0.29, 0.717) is 19.0 Å². The molecule has 3 rings (SSSR count). The molecule has 8 heteroatoms. The van der Waals surface area contributed by atoms with Gasteiger partial charge in [0, 0.05) is 45.5 Å². The van der Waals surface area contributed by atoms with Gasteiger partial charge >= 0.3 is 5.69 Å². The Morgan fingerprint density at radius 1 is 1.23 bits per heavy atom. The zero-order valence-corrected chi connectivity index (χ0v) is 15.7. The summed E-state index contributed by atoms with van der Waals surface area (Å²) in [5.74, 6) is 0.506. The first-order chi connectivity index (χ1) is 12.5. The highest BCUT2D eigenvalue weighted by atomic mass is 16.2. The van der Waals surface area contributed by atoms with E-state index in [2.05, 4.69) is 15.5 Å². The summed E-state index contributed by atoms with van der Waals surface area (Å²) in [7, 11) is 3.20. The highest BCUT2D eigenvalue weighted by molar-refractivity contribution is 5.81. The summed E-state index contributed by atoms with van der Waals surface area (Å²) >= 11 is 0.